The van der Waals surface area contributed by atoms with E-state index in [2.05, 4.69) is 23.7 Å². The lowest BCUT2D eigenvalue weighted by atomic mass is 9.92. The number of nitrogens with zero attached hydrogens (tertiary/aromatic N) is 3. The molecule has 1 amide bonds. The number of piperidine rings is 1. The second-order valence-electron chi connectivity index (χ2n) is 6.64. The molecular formula is C17H24ClN3O2. The van der Waals surface area contributed by atoms with Gasteiger partial charge >= 0.3 is 0 Å². The van der Waals surface area contributed by atoms with Crippen LogP contribution in [0.4, 0.5) is 0 Å². The molecule has 1 aromatic rings. The van der Waals surface area contributed by atoms with Crippen LogP contribution in [0.25, 0.3) is 0 Å². The van der Waals surface area contributed by atoms with Gasteiger partial charge in [-0.05, 0) is 32.4 Å². The van der Waals surface area contributed by atoms with Gasteiger partial charge in [-0.1, -0.05) is 17.7 Å². The molecule has 23 heavy (non-hydrogen) atoms. The third-order valence-electron chi connectivity index (χ3n) is 4.83. The topological polar surface area (TPSA) is 45.7 Å². The third-order valence-corrected chi connectivity index (χ3v) is 5.04. The molecule has 1 aromatic heterocycles. The number of aromatic nitrogens is 1. The normalized spacial score (nSPS) is 26.0. The SMILES string of the molecule is CC(C)N1CCOC2CN(C(=O)c3cccc(Cl)n3)CCC2C1. The molecule has 3 heterocycles. The first-order chi connectivity index (χ1) is 11.0. The molecule has 0 aromatic carbocycles. The Hall–Kier alpha value is -1.17. The Morgan fingerprint density at radius 1 is 1.35 bits per heavy atom. The van der Waals surface area contributed by atoms with Crippen LogP contribution in [0.2, 0.25) is 5.15 Å². The number of carbonyl (C=O) groups excluding carboxylic acids is 1. The van der Waals surface area contributed by atoms with Crippen molar-refractivity contribution in [2.24, 2.45) is 5.92 Å². The number of pyridine rings is 1. The van der Waals surface area contributed by atoms with Crippen molar-refractivity contribution in [2.45, 2.75) is 32.4 Å². The van der Waals surface area contributed by atoms with Crippen LogP contribution in [0, 0.1) is 5.92 Å². The Bertz CT molecular complexity index is 567. The van der Waals surface area contributed by atoms with Gasteiger partial charge in [0.05, 0.1) is 12.7 Å². The summed E-state index contributed by atoms with van der Waals surface area (Å²) in [4.78, 5) is 21.1. The van der Waals surface area contributed by atoms with E-state index in [-0.39, 0.29) is 12.0 Å². The number of amides is 1. The predicted octanol–water partition coefficient (Wildman–Crippen LogP) is 2.31. The summed E-state index contributed by atoms with van der Waals surface area (Å²) in [6.45, 7) is 8.60. The summed E-state index contributed by atoms with van der Waals surface area (Å²) in [7, 11) is 0. The molecule has 2 unspecified atom stereocenters. The highest BCUT2D eigenvalue weighted by Gasteiger charge is 2.35. The molecule has 2 saturated heterocycles. The van der Waals surface area contributed by atoms with Gasteiger partial charge in [-0.3, -0.25) is 9.69 Å². The van der Waals surface area contributed by atoms with Gasteiger partial charge in [0, 0.05) is 38.1 Å². The number of hydrogen-bond donors (Lipinski definition) is 0. The van der Waals surface area contributed by atoms with Crippen LogP contribution >= 0.6 is 11.6 Å². The summed E-state index contributed by atoms with van der Waals surface area (Å²) in [5, 5.41) is 0.351. The summed E-state index contributed by atoms with van der Waals surface area (Å²) >= 11 is 5.89. The fourth-order valence-corrected chi connectivity index (χ4v) is 3.58. The van der Waals surface area contributed by atoms with E-state index in [1.54, 1.807) is 18.2 Å². The number of ether oxygens (including phenoxy) is 1. The highest BCUT2D eigenvalue weighted by atomic mass is 35.5. The zero-order valence-electron chi connectivity index (χ0n) is 13.7. The number of halogens is 1. The van der Waals surface area contributed by atoms with E-state index in [1.807, 2.05) is 4.90 Å². The molecule has 0 saturated carbocycles. The molecule has 2 fully saturated rings. The van der Waals surface area contributed by atoms with Crippen molar-refractivity contribution >= 4 is 17.5 Å². The van der Waals surface area contributed by atoms with Gasteiger partial charge in [-0.2, -0.15) is 0 Å². The van der Waals surface area contributed by atoms with Crippen LogP contribution in [-0.2, 0) is 4.74 Å². The van der Waals surface area contributed by atoms with Crippen molar-refractivity contribution in [3.8, 4) is 0 Å². The summed E-state index contributed by atoms with van der Waals surface area (Å²) < 4.78 is 6.05. The highest BCUT2D eigenvalue weighted by molar-refractivity contribution is 6.29. The molecule has 2 aliphatic rings. The molecule has 0 bridgehead atoms. The molecule has 2 atom stereocenters. The molecule has 2 aliphatic heterocycles. The summed E-state index contributed by atoms with van der Waals surface area (Å²) in [6.07, 6.45) is 1.09. The molecule has 0 N–H and O–H groups in total. The van der Waals surface area contributed by atoms with E-state index in [4.69, 9.17) is 16.3 Å². The van der Waals surface area contributed by atoms with Gasteiger partial charge in [0.2, 0.25) is 0 Å². The van der Waals surface area contributed by atoms with Crippen molar-refractivity contribution in [1.82, 2.24) is 14.8 Å². The largest absolute Gasteiger partial charge is 0.375 e. The lowest BCUT2D eigenvalue weighted by Gasteiger charge is -2.38. The van der Waals surface area contributed by atoms with E-state index < -0.39 is 0 Å². The number of fused-ring (bicyclic) bond motifs is 1. The van der Waals surface area contributed by atoms with Gasteiger partial charge in [0.15, 0.2) is 0 Å². The maximum Gasteiger partial charge on any atom is 0.272 e. The quantitative estimate of drug-likeness (QED) is 0.777. The van der Waals surface area contributed by atoms with Crippen LogP contribution in [0.3, 0.4) is 0 Å². The minimum absolute atomic E-state index is 0.0560. The van der Waals surface area contributed by atoms with Gasteiger partial charge < -0.3 is 9.64 Å². The Morgan fingerprint density at radius 2 is 2.17 bits per heavy atom. The number of carbonyl (C=O) groups is 1. The molecule has 5 nitrogen and oxygen atoms in total. The standard InChI is InChI=1S/C17H24ClN3O2/c1-12(2)20-8-9-23-15-11-21(7-6-13(15)10-20)17(22)14-4-3-5-16(18)19-14/h3-5,12-13,15H,6-11H2,1-2H3. The average molecular weight is 338 g/mol. The average Bonchev–Trinajstić information content (AvgIpc) is 2.75. The van der Waals surface area contributed by atoms with Crippen LogP contribution < -0.4 is 0 Å². The van der Waals surface area contributed by atoms with E-state index in [0.29, 0.717) is 29.4 Å². The second-order valence-corrected chi connectivity index (χ2v) is 7.03. The maximum absolute atomic E-state index is 12.6. The molecule has 0 radical (unpaired) electrons. The van der Waals surface area contributed by atoms with Crippen LogP contribution in [0.15, 0.2) is 18.2 Å². The highest BCUT2D eigenvalue weighted by Crippen LogP contribution is 2.25. The van der Waals surface area contributed by atoms with E-state index in [0.717, 1.165) is 32.7 Å². The molecule has 0 aliphatic carbocycles. The van der Waals surface area contributed by atoms with E-state index in [1.165, 1.54) is 0 Å². The molecule has 3 rings (SSSR count). The van der Waals surface area contributed by atoms with E-state index >= 15 is 0 Å². The Kier molecular flexibility index (Phi) is 5.19. The van der Waals surface area contributed by atoms with Gasteiger partial charge in [-0.25, -0.2) is 4.98 Å². The van der Waals surface area contributed by atoms with Crippen LogP contribution in [0.5, 0.6) is 0 Å². The molecule has 126 valence electrons. The predicted molar refractivity (Wildman–Crippen MR) is 89.7 cm³/mol. The lowest BCUT2D eigenvalue weighted by Crippen LogP contribution is -2.49. The zero-order valence-corrected chi connectivity index (χ0v) is 14.5. The number of likely N-dealkylation sites (tertiary alicyclic amines) is 1. The summed E-state index contributed by atoms with van der Waals surface area (Å²) in [5.41, 5.74) is 0.411. The van der Waals surface area contributed by atoms with Crippen molar-refractivity contribution in [3.63, 3.8) is 0 Å². The molecular weight excluding hydrogens is 314 g/mol. The number of rotatable bonds is 2. The second kappa shape index (κ2) is 7.16. The molecule has 6 heteroatoms. The summed E-state index contributed by atoms with van der Waals surface area (Å²) in [5.74, 6) is 0.441. The van der Waals surface area contributed by atoms with Gasteiger partial charge in [-0.15, -0.1) is 0 Å². The Balaban J connectivity index is 1.67. The fourth-order valence-electron chi connectivity index (χ4n) is 3.42. The first-order valence-corrected chi connectivity index (χ1v) is 8.70. The number of hydrogen-bond acceptors (Lipinski definition) is 4. The Labute approximate surface area is 142 Å². The first kappa shape index (κ1) is 16.7. The lowest BCUT2D eigenvalue weighted by molar-refractivity contribution is -0.0173. The van der Waals surface area contributed by atoms with E-state index in [9.17, 15) is 4.79 Å². The minimum Gasteiger partial charge on any atom is -0.375 e. The Morgan fingerprint density at radius 3 is 2.91 bits per heavy atom. The smallest absolute Gasteiger partial charge is 0.272 e. The minimum atomic E-state index is -0.0560. The van der Waals surface area contributed by atoms with Crippen molar-refractivity contribution < 1.29 is 9.53 Å². The van der Waals surface area contributed by atoms with Crippen LogP contribution in [0.1, 0.15) is 30.8 Å². The summed E-state index contributed by atoms with van der Waals surface area (Å²) in [6, 6.07) is 5.69. The van der Waals surface area contributed by atoms with Crippen molar-refractivity contribution in [3.05, 3.63) is 29.0 Å². The van der Waals surface area contributed by atoms with Crippen molar-refractivity contribution in [2.75, 3.05) is 32.8 Å². The van der Waals surface area contributed by atoms with Gasteiger partial charge in [0.1, 0.15) is 10.8 Å². The monoisotopic (exact) mass is 337 g/mol. The third kappa shape index (κ3) is 3.84. The first-order valence-electron chi connectivity index (χ1n) is 8.32. The zero-order chi connectivity index (χ0) is 16.4. The van der Waals surface area contributed by atoms with Crippen molar-refractivity contribution in [1.29, 1.82) is 0 Å². The maximum atomic E-state index is 12.6. The van der Waals surface area contributed by atoms with Gasteiger partial charge in [0.25, 0.3) is 5.91 Å². The fraction of sp³-hybridized carbons (Fsp3) is 0.647. The van der Waals surface area contributed by atoms with Crippen LogP contribution in [-0.4, -0.2) is 65.6 Å². The molecule has 0 spiro atoms.